The smallest absolute Gasteiger partial charge is 0.260 e. The summed E-state index contributed by atoms with van der Waals surface area (Å²) < 4.78 is 32.0. The van der Waals surface area contributed by atoms with Crippen LogP contribution in [0.2, 0.25) is 5.02 Å². The topological polar surface area (TPSA) is 29.5 Å². The van der Waals surface area contributed by atoms with Crippen LogP contribution in [0, 0.1) is 11.6 Å². The standard InChI is InChI=1S/C18H16ClF2NO2/c1-10-3-4-11-7-12(24-2)5-6-17(11)22(10)18(23)13-8-15(20)16(21)9-14(13)19/h5-10H,3-4H2,1-2H3/t10-/m1/s1. The minimum absolute atomic E-state index is 0.0499. The number of carbonyl (C=O) groups is 1. The predicted octanol–water partition coefficient (Wildman–Crippen LogP) is 4.61. The summed E-state index contributed by atoms with van der Waals surface area (Å²) in [5.74, 6) is -1.91. The van der Waals surface area contributed by atoms with E-state index < -0.39 is 17.5 Å². The van der Waals surface area contributed by atoms with Crippen molar-refractivity contribution >= 4 is 23.2 Å². The van der Waals surface area contributed by atoms with E-state index in [1.165, 1.54) is 0 Å². The van der Waals surface area contributed by atoms with Crippen molar-refractivity contribution in [1.82, 2.24) is 0 Å². The van der Waals surface area contributed by atoms with Gasteiger partial charge in [-0.25, -0.2) is 8.78 Å². The summed E-state index contributed by atoms with van der Waals surface area (Å²) in [6.45, 7) is 1.92. The third-order valence-corrected chi connectivity index (χ3v) is 4.59. The van der Waals surface area contributed by atoms with Gasteiger partial charge in [-0.05, 0) is 55.7 Å². The lowest BCUT2D eigenvalue weighted by molar-refractivity contribution is 0.0975. The molecule has 0 saturated heterocycles. The molecule has 0 spiro atoms. The maximum Gasteiger partial charge on any atom is 0.260 e. The number of benzene rings is 2. The Labute approximate surface area is 143 Å². The molecule has 126 valence electrons. The number of halogens is 3. The van der Waals surface area contributed by atoms with Gasteiger partial charge in [0.05, 0.1) is 17.7 Å². The first-order valence-corrected chi connectivity index (χ1v) is 7.95. The molecular weight excluding hydrogens is 336 g/mol. The molecule has 0 aliphatic carbocycles. The monoisotopic (exact) mass is 351 g/mol. The zero-order valence-electron chi connectivity index (χ0n) is 13.3. The fourth-order valence-corrected chi connectivity index (χ4v) is 3.21. The summed E-state index contributed by atoms with van der Waals surface area (Å²) in [5.41, 5.74) is 1.66. The number of methoxy groups -OCH3 is 1. The molecule has 2 aromatic carbocycles. The van der Waals surface area contributed by atoms with Crippen molar-refractivity contribution in [2.45, 2.75) is 25.8 Å². The van der Waals surface area contributed by atoms with Gasteiger partial charge in [-0.15, -0.1) is 0 Å². The van der Waals surface area contributed by atoms with Gasteiger partial charge in [-0.3, -0.25) is 4.79 Å². The second-order valence-electron chi connectivity index (χ2n) is 5.80. The molecule has 1 atom stereocenters. The fraction of sp³-hybridized carbons (Fsp3) is 0.278. The van der Waals surface area contributed by atoms with Gasteiger partial charge in [0, 0.05) is 11.7 Å². The Balaban J connectivity index is 2.06. The van der Waals surface area contributed by atoms with Crippen LogP contribution >= 0.6 is 11.6 Å². The fourth-order valence-electron chi connectivity index (χ4n) is 2.98. The Hall–Kier alpha value is -2.14. The largest absolute Gasteiger partial charge is 0.497 e. The lowest BCUT2D eigenvalue weighted by Crippen LogP contribution is -2.42. The lowest BCUT2D eigenvalue weighted by Gasteiger charge is -2.35. The third-order valence-electron chi connectivity index (χ3n) is 4.28. The molecule has 0 unspecified atom stereocenters. The molecule has 3 rings (SSSR count). The SMILES string of the molecule is COc1ccc2c(c1)CC[C@@H](C)N2C(=O)c1cc(F)c(F)cc1Cl. The van der Waals surface area contributed by atoms with E-state index in [0.717, 1.165) is 36.2 Å². The van der Waals surface area contributed by atoms with Crippen molar-refractivity contribution in [2.75, 3.05) is 12.0 Å². The first-order chi connectivity index (χ1) is 11.4. The average Bonchev–Trinajstić information content (AvgIpc) is 2.57. The van der Waals surface area contributed by atoms with E-state index in [9.17, 15) is 13.6 Å². The van der Waals surface area contributed by atoms with E-state index in [1.807, 2.05) is 13.0 Å². The lowest BCUT2D eigenvalue weighted by atomic mass is 9.95. The second kappa shape index (κ2) is 6.40. The Morgan fingerprint density at radius 2 is 1.96 bits per heavy atom. The van der Waals surface area contributed by atoms with Crippen LogP contribution in [-0.2, 0) is 6.42 Å². The molecule has 0 aromatic heterocycles. The summed E-state index contributed by atoms with van der Waals surface area (Å²) in [7, 11) is 1.58. The van der Waals surface area contributed by atoms with Crippen molar-refractivity contribution < 1.29 is 18.3 Å². The molecule has 1 aliphatic heterocycles. The van der Waals surface area contributed by atoms with E-state index in [1.54, 1.807) is 24.1 Å². The highest BCUT2D eigenvalue weighted by atomic mass is 35.5. The number of amides is 1. The number of carbonyl (C=O) groups excluding carboxylic acids is 1. The van der Waals surface area contributed by atoms with E-state index in [0.29, 0.717) is 5.75 Å². The van der Waals surface area contributed by atoms with Crippen LogP contribution in [0.25, 0.3) is 0 Å². The molecule has 1 heterocycles. The second-order valence-corrected chi connectivity index (χ2v) is 6.21. The number of hydrogen-bond acceptors (Lipinski definition) is 2. The molecule has 6 heteroatoms. The van der Waals surface area contributed by atoms with Crippen molar-refractivity contribution in [3.8, 4) is 5.75 Å². The normalized spacial score (nSPS) is 16.7. The number of nitrogens with zero attached hydrogens (tertiary/aromatic N) is 1. The van der Waals surface area contributed by atoms with E-state index in [-0.39, 0.29) is 16.6 Å². The first kappa shape index (κ1) is 16.7. The molecule has 1 aliphatic rings. The quantitative estimate of drug-likeness (QED) is 0.739. The summed E-state index contributed by atoms with van der Waals surface area (Å²) >= 11 is 5.96. The number of rotatable bonds is 2. The van der Waals surface area contributed by atoms with Crippen LogP contribution in [0.3, 0.4) is 0 Å². The molecule has 1 amide bonds. The number of anilines is 1. The zero-order valence-corrected chi connectivity index (χ0v) is 14.0. The molecule has 0 N–H and O–H groups in total. The Kier molecular flexibility index (Phi) is 4.45. The van der Waals surface area contributed by atoms with E-state index in [2.05, 4.69) is 0 Å². The third kappa shape index (κ3) is 2.84. The first-order valence-electron chi connectivity index (χ1n) is 7.57. The van der Waals surface area contributed by atoms with Crippen LogP contribution in [-0.4, -0.2) is 19.1 Å². The van der Waals surface area contributed by atoms with Gasteiger partial charge in [0.15, 0.2) is 11.6 Å². The van der Waals surface area contributed by atoms with Gasteiger partial charge in [-0.2, -0.15) is 0 Å². The molecule has 24 heavy (non-hydrogen) atoms. The molecule has 0 bridgehead atoms. The minimum atomic E-state index is -1.10. The highest BCUT2D eigenvalue weighted by molar-refractivity contribution is 6.34. The number of fused-ring (bicyclic) bond motifs is 1. The van der Waals surface area contributed by atoms with Crippen molar-refractivity contribution in [2.24, 2.45) is 0 Å². The Bertz CT molecular complexity index is 810. The maximum atomic E-state index is 13.6. The number of aryl methyl sites for hydroxylation is 1. The molecular formula is C18H16ClF2NO2. The summed E-state index contributed by atoms with van der Waals surface area (Å²) in [6, 6.07) is 7.05. The van der Waals surface area contributed by atoms with Crippen LogP contribution in [0.15, 0.2) is 30.3 Å². The highest BCUT2D eigenvalue weighted by Gasteiger charge is 2.31. The molecule has 3 nitrogen and oxygen atoms in total. The molecule has 0 radical (unpaired) electrons. The molecule has 0 fully saturated rings. The minimum Gasteiger partial charge on any atom is -0.497 e. The van der Waals surface area contributed by atoms with Crippen LogP contribution in [0.4, 0.5) is 14.5 Å². The molecule has 2 aromatic rings. The number of ether oxygens (including phenoxy) is 1. The molecule has 0 saturated carbocycles. The van der Waals surface area contributed by atoms with E-state index >= 15 is 0 Å². The van der Waals surface area contributed by atoms with Crippen molar-refractivity contribution in [3.05, 3.63) is 58.1 Å². The predicted molar refractivity (Wildman–Crippen MR) is 89.0 cm³/mol. The number of hydrogen-bond donors (Lipinski definition) is 0. The van der Waals surface area contributed by atoms with Gasteiger partial charge in [0.2, 0.25) is 0 Å². The van der Waals surface area contributed by atoms with Crippen LogP contribution in [0.1, 0.15) is 29.3 Å². The van der Waals surface area contributed by atoms with Gasteiger partial charge < -0.3 is 9.64 Å². The van der Waals surface area contributed by atoms with Gasteiger partial charge in [0.1, 0.15) is 5.75 Å². The Morgan fingerprint density at radius 1 is 1.25 bits per heavy atom. The van der Waals surface area contributed by atoms with Crippen molar-refractivity contribution in [1.29, 1.82) is 0 Å². The van der Waals surface area contributed by atoms with Gasteiger partial charge in [-0.1, -0.05) is 11.6 Å². The summed E-state index contributed by atoms with van der Waals surface area (Å²) in [4.78, 5) is 14.5. The van der Waals surface area contributed by atoms with Crippen LogP contribution < -0.4 is 9.64 Å². The van der Waals surface area contributed by atoms with Gasteiger partial charge >= 0.3 is 0 Å². The van der Waals surface area contributed by atoms with Crippen LogP contribution in [0.5, 0.6) is 5.75 Å². The van der Waals surface area contributed by atoms with Gasteiger partial charge in [0.25, 0.3) is 5.91 Å². The summed E-state index contributed by atoms with van der Waals surface area (Å²) in [6.07, 6.45) is 1.57. The van der Waals surface area contributed by atoms with Crippen molar-refractivity contribution in [3.63, 3.8) is 0 Å². The Morgan fingerprint density at radius 3 is 2.67 bits per heavy atom. The van der Waals surface area contributed by atoms with E-state index in [4.69, 9.17) is 16.3 Å². The zero-order chi connectivity index (χ0) is 17.4. The highest BCUT2D eigenvalue weighted by Crippen LogP contribution is 2.35. The summed E-state index contributed by atoms with van der Waals surface area (Å²) in [5, 5.41) is -0.105. The maximum absolute atomic E-state index is 13.6. The average molecular weight is 352 g/mol.